The predicted molar refractivity (Wildman–Crippen MR) is 119 cm³/mol. The van der Waals surface area contributed by atoms with Gasteiger partial charge in [-0.3, -0.25) is 14.9 Å². The van der Waals surface area contributed by atoms with Crippen LogP contribution in [0.3, 0.4) is 0 Å². The highest BCUT2D eigenvalue weighted by atomic mass is 79.9. The van der Waals surface area contributed by atoms with Gasteiger partial charge in [-0.15, -0.1) is 0 Å². The average molecular weight is 486 g/mol. The third-order valence-electron chi connectivity index (χ3n) is 3.09. The Morgan fingerprint density at radius 3 is 1.96 bits per heavy atom. The van der Waals surface area contributed by atoms with Gasteiger partial charge in [-0.2, -0.15) is 0 Å². The molecule has 0 unspecified atom stereocenters. The van der Waals surface area contributed by atoms with Crippen LogP contribution < -0.4 is 21.3 Å². The van der Waals surface area contributed by atoms with Crippen LogP contribution in [0.4, 0.5) is 11.4 Å². The molecule has 6 nitrogen and oxygen atoms in total. The van der Waals surface area contributed by atoms with E-state index in [4.69, 9.17) is 36.0 Å². The summed E-state index contributed by atoms with van der Waals surface area (Å²) in [7, 11) is 0. The zero-order chi connectivity index (χ0) is 20.0. The molecule has 10 heteroatoms. The molecule has 2 rings (SSSR count). The van der Waals surface area contributed by atoms with Crippen molar-refractivity contribution in [1.82, 2.24) is 10.6 Å². The third-order valence-corrected chi connectivity index (χ3v) is 4.32. The second-order valence-electron chi connectivity index (χ2n) is 5.25. The SMILES string of the molecule is CC(=O)NC(=S)Nc1ccc(NC(=S)NC(=O)c2cc(Br)ccc2Cl)cc1. The van der Waals surface area contributed by atoms with E-state index in [-0.39, 0.29) is 16.1 Å². The van der Waals surface area contributed by atoms with Crippen molar-refractivity contribution < 1.29 is 9.59 Å². The minimum absolute atomic E-state index is 0.130. The molecule has 0 fully saturated rings. The molecular formula is C17H14BrClN4O2S2. The summed E-state index contributed by atoms with van der Waals surface area (Å²) in [4.78, 5) is 23.2. The summed E-state index contributed by atoms with van der Waals surface area (Å²) < 4.78 is 0.733. The van der Waals surface area contributed by atoms with E-state index < -0.39 is 5.91 Å². The number of anilines is 2. The molecule has 2 aromatic carbocycles. The second-order valence-corrected chi connectivity index (χ2v) is 7.38. The summed E-state index contributed by atoms with van der Waals surface area (Å²) >= 11 is 19.5. The fraction of sp³-hybridized carbons (Fsp3) is 0.0588. The number of thiocarbonyl (C=S) groups is 2. The first-order valence-corrected chi connectivity index (χ1v) is 9.49. The van der Waals surface area contributed by atoms with Crippen molar-refractivity contribution in [2.75, 3.05) is 10.6 Å². The van der Waals surface area contributed by atoms with Crippen LogP contribution in [0.2, 0.25) is 5.02 Å². The van der Waals surface area contributed by atoms with E-state index in [1.807, 2.05) is 0 Å². The van der Waals surface area contributed by atoms with Gasteiger partial charge in [-0.1, -0.05) is 27.5 Å². The van der Waals surface area contributed by atoms with Crippen LogP contribution >= 0.6 is 52.0 Å². The molecule has 140 valence electrons. The van der Waals surface area contributed by atoms with Crippen molar-refractivity contribution in [2.45, 2.75) is 6.92 Å². The lowest BCUT2D eigenvalue weighted by Crippen LogP contribution is -2.34. The molecular weight excluding hydrogens is 472 g/mol. The number of rotatable bonds is 3. The first kappa shape index (κ1) is 21.2. The van der Waals surface area contributed by atoms with E-state index >= 15 is 0 Å². The minimum Gasteiger partial charge on any atom is -0.332 e. The summed E-state index contributed by atoms with van der Waals surface area (Å²) in [6, 6.07) is 11.9. The highest BCUT2D eigenvalue weighted by molar-refractivity contribution is 9.10. The molecule has 0 saturated heterocycles. The Bertz CT molecular complexity index is 906. The Morgan fingerprint density at radius 1 is 0.926 bits per heavy atom. The van der Waals surface area contributed by atoms with Gasteiger partial charge >= 0.3 is 0 Å². The van der Waals surface area contributed by atoms with Gasteiger partial charge in [0.1, 0.15) is 0 Å². The zero-order valence-corrected chi connectivity index (χ0v) is 17.9. The molecule has 0 aliphatic heterocycles. The molecule has 0 atom stereocenters. The number of hydrogen-bond acceptors (Lipinski definition) is 4. The van der Waals surface area contributed by atoms with Crippen LogP contribution in [0.5, 0.6) is 0 Å². The number of hydrogen-bond donors (Lipinski definition) is 4. The van der Waals surface area contributed by atoms with Crippen LogP contribution in [-0.4, -0.2) is 22.0 Å². The molecule has 2 amide bonds. The van der Waals surface area contributed by atoms with E-state index in [0.29, 0.717) is 22.0 Å². The van der Waals surface area contributed by atoms with Gasteiger partial charge in [0.15, 0.2) is 10.2 Å². The number of amides is 2. The van der Waals surface area contributed by atoms with E-state index in [9.17, 15) is 9.59 Å². The molecule has 0 heterocycles. The summed E-state index contributed by atoms with van der Waals surface area (Å²) in [5, 5.41) is 11.5. The Morgan fingerprint density at radius 2 is 1.44 bits per heavy atom. The molecule has 0 spiro atoms. The number of carbonyl (C=O) groups excluding carboxylic acids is 2. The van der Waals surface area contributed by atoms with Gasteiger partial charge in [-0.25, -0.2) is 0 Å². The highest BCUT2D eigenvalue weighted by Gasteiger charge is 2.12. The summed E-state index contributed by atoms with van der Waals surface area (Å²) in [5.41, 5.74) is 1.66. The number of nitrogens with one attached hydrogen (secondary N) is 4. The smallest absolute Gasteiger partial charge is 0.258 e. The summed E-state index contributed by atoms with van der Waals surface area (Å²) in [6.45, 7) is 1.37. The lowest BCUT2D eigenvalue weighted by atomic mass is 10.2. The molecule has 0 bridgehead atoms. The maximum atomic E-state index is 12.3. The van der Waals surface area contributed by atoms with Crippen molar-refractivity contribution in [1.29, 1.82) is 0 Å². The van der Waals surface area contributed by atoms with Crippen molar-refractivity contribution in [2.24, 2.45) is 0 Å². The standard InChI is InChI=1S/C17H14BrClN4O2S2/c1-9(24)20-16(26)21-11-3-5-12(6-4-11)22-17(27)23-15(25)13-8-10(18)2-7-14(13)19/h2-8H,1H3,(H2,20,21,24,26)(H2,22,23,25,27). The van der Waals surface area contributed by atoms with E-state index in [2.05, 4.69) is 37.2 Å². The molecule has 0 aromatic heterocycles. The fourth-order valence-electron chi connectivity index (χ4n) is 1.96. The summed E-state index contributed by atoms with van der Waals surface area (Å²) in [6.07, 6.45) is 0. The zero-order valence-electron chi connectivity index (χ0n) is 13.9. The van der Waals surface area contributed by atoms with E-state index in [0.717, 1.165) is 4.47 Å². The van der Waals surface area contributed by atoms with Crippen LogP contribution in [0.1, 0.15) is 17.3 Å². The van der Waals surface area contributed by atoms with Crippen molar-refractivity contribution in [3.63, 3.8) is 0 Å². The van der Waals surface area contributed by atoms with Gasteiger partial charge in [0.05, 0.1) is 10.6 Å². The Balaban J connectivity index is 1.93. The largest absolute Gasteiger partial charge is 0.332 e. The fourth-order valence-corrected chi connectivity index (χ4v) is 3.00. The van der Waals surface area contributed by atoms with Crippen molar-refractivity contribution in [3.8, 4) is 0 Å². The quantitative estimate of drug-likeness (QED) is 0.491. The number of benzene rings is 2. The summed E-state index contributed by atoms with van der Waals surface area (Å²) in [5.74, 6) is -0.671. The lowest BCUT2D eigenvalue weighted by Gasteiger charge is -2.12. The topological polar surface area (TPSA) is 82.3 Å². The van der Waals surface area contributed by atoms with Crippen LogP contribution in [-0.2, 0) is 4.79 Å². The molecule has 2 aromatic rings. The van der Waals surface area contributed by atoms with E-state index in [1.54, 1.807) is 42.5 Å². The van der Waals surface area contributed by atoms with Crippen LogP contribution in [0, 0.1) is 0 Å². The molecule has 27 heavy (non-hydrogen) atoms. The lowest BCUT2D eigenvalue weighted by molar-refractivity contribution is -0.117. The number of carbonyl (C=O) groups is 2. The van der Waals surface area contributed by atoms with E-state index in [1.165, 1.54) is 6.92 Å². The maximum Gasteiger partial charge on any atom is 0.258 e. The molecule has 0 aliphatic rings. The first-order valence-electron chi connectivity index (χ1n) is 7.50. The minimum atomic E-state index is -0.419. The molecule has 0 aliphatic carbocycles. The normalized spacial score (nSPS) is 9.89. The monoisotopic (exact) mass is 484 g/mol. The van der Waals surface area contributed by atoms with Gasteiger partial charge in [0, 0.05) is 22.8 Å². The third kappa shape index (κ3) is 6.87. The Hall–Kier alpha value is -2.07. The van der Waals surface area contributed by atoms with Gasteiger partial charge in [0.25, 0.3) is 5.91 Å². The number of halogens is 2. The Kier molecular flexibility index (Phi) is 7.66. The molecule has 0 saturated carbocycles. The Labute approximate surface area is 180 Å². The highest BCUT2D eigenvalue weighted by Crippen LogP contribution is 2.21. The van der Waals surface area contributed by atoms with Crippen molar-refractivity contribution in [3.05, 3.63) is 57.5 Å². The molecule has 0 radical (unpaired) electrons. The predicted octanol–water partition coefficient (Wildman–Crippen LogP) is 4.06. The molecule has 4 N–H and O–H groups in total. The van der Waals surface area contributed by atoms with Gasteiger partial charge < -0.3 is 16.0 Å². The van der Waals surface area contributed by atoms with Gasteiger partial charge in [-0.05, 0) is 66.9 Å². The second kappa shape index (κ2) is 9.75. The van der Waals surface area contributed by atoms with Crippen LogP contribution in [0.15, 0.2) is 46.9 Å². The van der Waals surface area contributed by atoms with Crippen molar-refractivity contribution >= 4 is 85.4 Å². The maximum absolute atomic E-state index is 12.3. The van der Waals surface area contributed by atoms with Crippen LogP contribution in [0.25, 0.3) is 0 Å². The average Bonchev–Trinajstić information content (AvgIpc) is 2.58. The van der Waals surface area contributed by atoms with Gasteiger partial charge in [0.2, 0.25) is 5.91 Å². The first-order chi connectivity index (χ1) is 12.7.